The number of nitrogens with zero attached hydrogens (tertiary/aromatic N) is 3. The van der Waals surface area contributed by atoms with E-state index in [1.54, 1.807) is 12.4 Å². The van der Waals surface area contributed by atoms with Crippen molar-refractivity contribution in [3.8, 4) is 0 Å². The fourth-order valence-electron chi connectivity index (χ4n) is 3.02. The van der Waals surface area contributed by atoms with Crippen molar-refractivity contribution in [1.29, 1.82) is 0 Å². The summed E-state index contributed by atoms with van der Waals surface area (Å²) in [6.07, 6.45) is 7.78. The molecule has 1 aromatic rings. The number of carbonyl (C=O) groups excluding carboxylic acids is 1. The molecule has 1 aromatic heterocycles. The third-order valence-electron chi connectivity index (χ3n) is 3.83. The molecule has 5 nitrogen and oxygen atoms in total. The van der Waals surface area contributed by atoms with Gasteiger partial charge in [-0.3, -0.25) is 9.88 Å². The number of hydrogen-bond acceptors (Lipinski definition) is 4. The van der Waals surface area contributed by atoms with Crippen LogP contribution in [0.15, 0.2) is 18.5 Å². The third-order valence-corrected chi connectivity index (χ3v) is 4.11. The van der Waals surface area contributed by atoms with Gasteiger partial charge in [-0.1, -0.05) is 17.7 Å². The quantitative estimate of drug-likeness (QED) is 0.841. The van der Waals surface area contributed by atoms with E-state index in [0.717, 1.165) is 30.5 Å². The Morgan fingerprint density at radius 3 is 2.95 bits per heavy atom. The maximum Gasteiger partial charge on any atom is 0.410 e. The number of carbonyl (C=O) groups is 1. The Morgan fingerprint density at radius 1 is 1.45 bits per heavy atom. The molecule has 0 aromatic carbocycles. The van der Waals surface area contributed by atoms with Crippen LogP contribution in [0.5, 0.6) is 0 Å². The SMILES string of the molecule is CCOC(=O)N1[C@H]2CC[C@@H]1C=C(c1nccnc1Cl)C2. The van der Waals surface area contributed by atoms with Gasteiger partial charge >= 0.3 is 6.09 Å². The van der Waals surface area contributed by atoms with E-state index >= 15 is 0 Å². The number of hydrogen-bond donors (Lipinski definition) is 0. The number of amides is 1. The summed E-state index contributed by atoms with van der Waals surface area (Å²) in [7, 11) is 0. The highest BCUT2D eigenvalue weighted by molar-refractivity contribution is 6.30. The molecule has 0 saturated carbocycles. The summed E-state index contributed by atoms with van der Waals surface area (Å²) in [5.41, 5.74) is 1.81. The minimum absolute atomic E-state index is 0.0841. The van der Waals surface area contributed by atoms with Gasteiger partial charge in [-0.25, -0.2) is 9.78 Å². The molecular formula is C14H16ClN3O2. The van der Waals surface area contributed by atoms with Gasteiger partial charge in [0, 0.05) is 18.4 Å². The standard InChI is InChI=1S/C14H16ClN3O2/c1-2-20-14(19)18-10-3-4-11(18)8-9(7-10)12-13(15)17-6-5-16-12/h5-7,10-11H,2-4,8H2,1H3/t10-,11+/m1/s1. The predicted octanol–water partition coefficient (Wildman–Crippen LogP) is 2.91. The van der Waals surface area contributed by atoms with E-state index in [9.17, 15) is 4.79 Å². The summed E-state index contributed by atoms with van der Waals surface area (Å²) in [4.78, 5) is 22.2. The second kappa shape index (κ2) is 5.40. The Kier molecular flexibility index (Phi) is 3.61. The van der Waals surface area contributed by atoms with Gasteiger partial charge in [0.2, 0.25) is 0 Å². The van der Waals surface area contributed by atoms with Crippen molar-refractivity contribution in [2.24, 2.45) is 0 Å². The summed E-state index contributed by atoms with van der Waals surface area (Å²) in [5.74, 6) is 0. The van der Waals surface area contributed by atoms with E-state index in [0.29, 0.717) is 11.8 Å². The molecule has 3 heterocycles. The molecule has 20 heavy (non-hydrogen) atoms. The van der Waals surface area contributed by atoms with E-state index in [4.69, 9.17) is 16.3 Å². The van der Waals surface area contributed by atoms with Gasteiger partial charge in [-0.15, -0.1) is 0 Å². The number of rotatable bonds is 2. The van der Waals surface area contributed by atoms with Crippen LogP contribution in [0.4, 0.5) is 4.79 Å². The fourth-order valence-corrected chi connectivity index (χ4v) is 3.25. The van der Waals surface area contributed by atoms with Crippen LogP contribution in [0.2, 0.25) is 5.15 Å². The van der Waals surface area contributed by atoms with Crippen LogP contribution in [0.25, 0.3) is 5.57 Å². The maximum absolute atomic E-state index is 12.0. The average Bonchev–Trinajstić information content (AvgIpc) is 2.70. The van der Waals surface area contributed by atoms with Gasteiger partial charge in [0.25, 0.3) is 0 Å². The summed E-state index contributed by atoms with van der Waals surface area (Å²) in [6.45, 7) is 2.23. The summed E-state index contributed by atoms with van der Waals surface area (Å²) in [6, 6.07) is 0.262. The first-order chi connectivity index (χ1) is 9.70. The highest BCUT2D eigenvalue weighted by Crippen LogP contribution is 2.39. The van der Waals surface area contributed by atoms with Gasteiger partial charge in [-0.2, -0.15) is 0 Å². The first-order valence-corrected chi connectivity index (χ1v) is 7.21. The van der Waals surface area contributed by atoms with Gasteiger partial charge < -0.3 is 4.74 Å². The van der Waals surface area contributed by atoms with Crippen LogP contribution >= 0.6 is 11.6 Å². The third kappa shape index (κ3) is 2.26. The molecule has 1 amide bonds. The second-order valence-corrected chi connectivity index (χ2v) is 5.35. The molecule has 1 fully saturated rings. The number of aromatic nitrogens is 2. The monoisotopic (exact) mass is 293 g/mol. The normalized spacial score (nSPS) is 24.5. The molecule has 2 aliphatic heterocycles. The van der Waals surface area contributed by atoms with Crippen LogP contribution < -0.4 is 0 Å². The lowest BCUT2D eigenvalue weighted by atomic mass is 9.99. The topological polar surface area (TPSA) is 55.3 Å². The van der Waals surface area contributed by atoms with Crippen molar-refractivity contribution < 1.29 is 9.53 Å². The second-order valence-electron chi connectivity index (χ2n) is 5.00. The van der Waals surface area contributed by atoms with Crippen molar-refractivity contribution in [2.45, 2.75) is 38.3 Å². The van der Waals surface area contributed by atoms with Gasteiger partial charge in [0.15, 0.2) is 5.15 Å². The van der Waals surface area contributed by atoms with Crippen LogP contribution in [-0.4, -0.2) is 39.7 Å². The minimum Gasteiger partial charge on any atom is -0.450 e. The summed E-state index contributed by atoms with van der Waals surface area (Å²) >= 11 is 6.10. The molecule has 0 radical (unpaired) electrons. The fraction of sp³-hybridized carbons (Fsp3) is 0.500. The van der Waals surface area contributed by atoms with Crippen LogP contribution in [0, 0.1) is 0 Å². The van der Waals surface area contributed by atoms with Crippen molar-refractivity contribution in [2.75, 3.05) is 6.61 Å². The number of ether oxygens (including phenoxy) is 1. The summed E-state index contributed by atoms with van der Waals surface area (Å²) < 4.78 is 5.13. The lowest BCUT2D eigenvalue weighted by Gasteiger charge is -2.32. The first kappa shape index (κ1) is 13.4. The van der Waals surface area contributed by atoms with Crippen molar-refractivity contribution in [1.82, 2.24) is 14.9 Å². The highest BCUT2D eigenvalue weighted by Gasteiger charge is 2.41. The minimum atomic E-state index is -0.222. The van der Waals surface area contributed by atoms with E-state index in [1.165, 1.54) is 0 Å². The molecule has 1 saturated heterocycles. The van der Waals surface area contributed by atoms with Gasteiger partial charge in [0.05, 0.1) is 12.6 Å². The van der Waals surface area contributed by atoms with Crippen molar-refractivity contribution in [3.05, 3.63) is 29.3 Å². The molecule has 0 N–H and O–H groups in total. The van der Waals surface area contributed by atoms with Crippen LogP contribution in [0.1, 0.15) is 31.9 Å². The molecule has 2 atom stereocenters. The highest BCUT2D eigenvalue weighted by atomic mass is 35.5. The zero-order chi connectivity index (χ0) is 14.1. The van der Waals surface area contributed by atoms with E-state index < -0.39 is 0 Å². The van der Waals surface area contributed by atoms with Crippen LogP contribution in [0.3, 0.4) is 0 Å². The number of fused-ring (bicyclic) bond motifs is 2. The lowest BCUT2D eigenvalue weighted by molar-refractivity contribution is 0.0933. The first-order valence-electron chi connectivity index (χ1n) is 6.83. The average molecular weight is 294 g/mol. The van der Waals surface area contributed by atoms with E-state index in [2.05, 4.69) is 16.0 Å². The van der Waals surface area contributed by atoms with Gasteiger partial charge in [0.1, 0.15) is 5.69 Å². The summed E-state index contributed by atoms with van der Waals surface area (Å²) in [5, 5.41) is 0.419. The Labute approximate surface area is 122 Å². The zero-order valence-electron chi connectivity index (χ0n) is 11.3. The Bertz CT molecular complexity index is 561. The molecule has 3 rings (SSSR count). The maximum atomic E-state index is 12.0. The molecular weight excluding hydrogens is 278 g/mol. The van der Waals surface area contributed by atoms with Crippen LogP contribution in [-0.2, 0) is 4.74 Å². The zero-order valence-corrected chi connectivity index (χ0v) is 12.0. The van der Waals surface area contributed by atoms with E-state index in [-0.39, 0.29) is 18.2 Å². The molecule has 0 unspecified atom stereocenters. The molecule has 6 heteroatoms. The molecule has 0 spiro atoms. The smallest absolute Gasteiger partial charge is 0.410 e. The molecule has 2 bridgehead atoms. The predicted molar refractivity (Wildman–Crippen MR) is 75.3 cm³/mol. The lowest BCUT2D eigenvalue weighted by Crippen LogP contribution is -2.43. The Balaban J connectivity index is 1.87. The van der Waals surface area contributed by atoms with Gasteiger partial charge in [-0.05, 0) is 31.8 Å². The van der Waals surface area contributed by atoms with Crippen molar-refractivity contribution >= 4 is 23.3 Å². The largest absolute Gasteiger partial charge is 0.450 e. The molecule has 0 aliphatic carbocycles. The molecule has 2 aliphatic rings. The van der Waals surface area contributed by atoms with Crippen molar-refractivity contribution in [3.63, 3.8) is 0 Å². The number of halogens is 1. The Morgan fingerprint density at radius 2 is 2.25 bits per heavy atom. The Hall–Kier alpha value is -1.62. The van der Waals surface area contributed by atoms with E-state index in [1.807, 2.05) is 11.8 Å². The molecule has 106 valence electrons.